The number of nitrogens with zero attached hydrogens (tertiary/aromatic N) is 1. The molecule has 24 heavy (non-hydrogen) atoms. The molecule has 1 aromatic rings. The Balaban J connectivity index is 1.95. The molecule has 0 spiro atoms. The topological polar surface area (TPSA) is 114 Å². The summed E-state index contributed by atoms with van der Waals surface area (Å²) < 4.78 is 16.1. The summed E-state index contributed by atoms with van der Waals surface area (Å²) in [6, 6.07) is 2.47. The molecule has 2 aliphatic heterocycles. The predicted octanol–water partition coefficient (Wildman–Crippen LogP) is 0.791. The number of benzene rings is 1. The lowest BCUT2D eigenvalue weighted by molar-refractivity contribution is -0.140. The zero-order valence-electron chi connectivity index (χ0n) is 12.7. The third kappa shape index (κ3) is 2.83. The van der Waals surface area contributed by atoms with Crippen LogP contribution < -0.4 is 19.5 Å². The molecule has 0 saturated carbocycles. The maximum atomic E-state index is 12.2. The van der Waals surface area contributed by atoms with Gasteiger partial charge in [0, 0.05) is 11.6 Å². The second-order valence-corrected chi connectivity index (χ2v) is 4.95. The van der Waals surface area contributed by atoms with Crippen LogP contribution >= 0.6 is 0 Å². The lowest BCUT2D eigenvalue weighted by atomic mass is 10.1. The fourth-order valence-corrected chi connectivity index (χ4v) is 2.34. The number of carboxylic acids is 1. The van der Waals surface area contributed by atoms with Crippen molar-refractivity contribution in [3.05, 3.63) is 23.4 Å². The van der Waals surface area contributed by atoms with Gasteiger partial charge in [0.2, 0.25) is 6.79 Å². The number of urea groups is 1. The summed E-state index contributed by atoms with van der Waals surface area (Å²) in [7, 11) is 0. The van der Waals surface area contributed by atoms with Crippen molar-refractivity contribution in [2.45, 2.75) is 6.92 Å². The Hall–Kier alpha value is -3.23. The molecule has 126 valence electrons. The van der Waals surface area contributed by atoms with Gasteiger partial charge in [-0.2, -0.15) is 0 Å². The van der Waals surface area contributed by atoms with Gasteiger partial charge in [0.15, 0.2) is 11.5 Å². The zero-order valence-corrected chi connectivity index (χ0v) is 12.7. The minimum absolute atomic E-state index is 0.0407. The molecule has 1 fully saturated rings. The largest absolute Gasteiger partial charge is 0.493 e. The van der Waals surface area contributed by atoms with Gasteiger partial charge < -0.3 is 24.6 Å². The summed E-state index contributed by atoms with van der Waals surface area (Å²) in [6.07, 6.45) is 1.41. The van der Waals surface area contributed by atoms with E-state index >= 15 is 0 Å². The first-order valence-electron chi connectivity index (χ1n) is 7.12. The smallest absolute Gasteiger partial charge is 0.329 e. The number of carbonyl (C=O) groups excluding carboxylic acids is 2. The zero-order chi connectivity index (χ0) is 17.3. The highest BCUT2D eigenvalue weighted by atomic mass is 16.7. The van der Waals surface area contributed by atoms with Gasteiger partial charge in [-0.3, -0.25) is 9.59 Å². The van der Waals surface area contributed by atoms with E-state index in [2.05, 4.69) is 5.32 Å². The number of nitrogens with one attached hydrogen (secondary N) is 1. The van der Waals surface area contributed by atoms with Crippen LogP contribution in [0.5, 0.6) is 17.2 Å². The molecule has 3 rings (SSSR count). The van der Waals surface area contributed by atoms with E-state index in [9.17, 15) is 14.4 Å². The molecular weight excluding hydrogens is 320 g/mol. The van der Waals surface area contributed by atoms with E-state index in [1.54, 1.807) is 19.1 Å². The molecule has 1 aromatic carbocycles. The van der Waals surface area contributed by atoms with Crippen molar-refractivity contribution >= 4 is 24.0 Å². The molecule has 9 heteroatoms. The van der Waals surface area contributed by atoms with Gasteiger partial charge in [0.25, 0.3) is 5.91 Å². The van der Waals surface area contributed by atoms with Crippen LogP contribution in [0.3, 0.4) is 0 Å². The summed E-state index contributed by atoms with van der Waals surface area (Å²) in [5.41, 5.74) is 0.461. The van der Waals surface area contributed by atoms with Crippen molar-refractivity contribution in [1.82, 2.24) is 10.2 Å². The van der Waals surface area contributed by atoms with E-state index in [-0.39, 0.29) is 12.5 Å². The lowest BCUT2D eigenvalue weighted by Gasteiger charge is -2.09. The molecule has 9 nitrogen and oxygen atoms in total. The third-order valence-corrected chi connectivity index (χ3v) is 3.36. The average Bonchev–Trinajstić information content (AvgIpc) is 3.07. The first kappa shape index (κ1) is 15.7. The number of ether oxygens (including phenoxy) is 3. The molecule has 0 radical (unpaired) electrons. The minimum atomic E-state index is -1.28. The van der Waals surface area contributed by atoms with Gasteiger partial charge >= 0.3 is 12.0 Å². The van der Waals surface area contributed by atoms with Crippen LogP contribution in [0.2, 0.25) is 0 Å². The van der Waals surface area contributed by atoms with Crippen molar-refractivity contribution in [1.29, 1.82) is 0 Å². The molecule has 1 saturated heterocycles. The Bertz CT molecular complexity index is 756. The van der Waals surface area contributed by atoms with E-state index in [0.717, 1.165) is 0 Å². The van der Waals surface area contributed by atoms with Crippen molar-refractivity contribution in [2.24, 2.45) is 0 Å². The number of aliphatic carboxylic acids is 1. The quantitative estimate of drug-likeness (QED) is 0.604. The number of carboxylic acid groups (broad SMARTS) is 1. The highest BCUT2D eigenvalue weighted by Gasteiger charge is 2.35. The number of carbonyl (C=O) groups is 3. The molecule has 2 heterocycles. The summed E-state index contributed by atoms with van der Waals surface area (Å²) in [6.45, 7) is 1.57. The van der Waals surface area contributed by atoms with Crippen LogP contribution in [-0.4, -0.2) is 47.9 Å². The fraction of sp³-hybridized carbons (Fsp3) is 0.267. The number of hydrogen-bond acceptors (Lipinski definition) is 6. The second kappa shape index (κ2) is 6.11. The number of amides is 3. The minimum Gasteiger partial charge on any atom is -0.493 e. The number of hydrogen-bond donors (Lipinski definition) is 2. The van der Waals surface area contributed by atoms with Gasteiger partial charge in [0.05, 0.1) is 6.61 Å². The average molecular weight is 334 g/mol. The maximum absolute atomic E-state index is 12.2. The molecule has 2 aliphatic rings. The van der Waals surface area contributed by atoms with Gasteiger partial charge in [-0.1, -0.05) is 0 Å². The third-order valence-electron chi connectivity index (χ3n) is 3.36. The second-order valence-electron chi connectivity index (χ2n) is 4.95. The molecule has 2 N–H and O–H groups in total. The SMILES string of the molecule is CCOc1cc2c(cc1C=C1NC(=O)N(CC(=O)O)C1=O)OCO2. The van der Waals surface area contributed by atoms with E-state index in [1.165, 1.54) is 6.08 Å². The summed E-state index contributed by atoms with van der Waals surface area (Å²) >= 11 is 0. The van der Waals surface area contributed by atoms with E-state index in [1.807, 2.05) is 0 Å². The van der Waals surface area contributed by atoms with Crippen LogP contribution in [0, 0.1) is 0 Å². The molecule has 0 unspecified atom stereocenters. The van der Waals surface area contributed by atoms with Crippen molar-refractivity contribution in [2.75, 3.05) is 19.9 Å². The lowest BCUT2D eigenvalue weighted by Crippen LogP contribution is -2.35. The Morgan fingerprint density at radius 2 is 2.08 bits per heavy atom. The Morgan fingerprint density at radius 3 is 2.75 bits per heavy atom. The Labute approximate surface area is 136 Å². The summed E-state index contributed by atoms with van der Waals surface area (Å²) in [4.78, 5) is 35.3. The normalized spacial score (nSPS) is 17.4. The number of imide groups is 1. The standard InChI is InChI=1S/C15H14N2O7/c1-2-22-10-5-12-11(23-7-24-12)4-8(10)3-9-14(20)17(6-13(18)19)15(21)16-9/h3-5H,2,6-7H2,1H3,(H,16,21)(H,18,19). The molecule has 0 aromatic heterocycles. The van der Waals surface area contributed by atoms with Gasteiger partial charge in [-0.15, -0.1) is 0 Å². The summed E-state index contributed by atoms with van der Waals surface area (Å²) in [5.74, 6) is -0.535. The number of fused-ring (bicyclic) bond motifs is 1. The molecule has 3 amide bonds. The first-order valence-corrected chi connectivity index (χ1v) is 7.12. The van der Waals surface area contributed by atoms with Crippen LogP contribution in [0.1, 0.15) is 12.5 Å². The molecule has 0 atom stereocenters. The Morgan fingerprint density at radius 1 is 1.38 bits per heavy atom. The molecule has 0 bridgehead atoms. The molecule has 0 aliphatic carbocycles. The van der Waals surface area contributed by atoms with Crippen LogP contribution in [0.25, 0.3) is 6.08 Å². The van der Waals surface area contributed by atoms with Crippen LogP contribution in [-0.2, 0) is 9.59 Å². The van der Waals surface area contributed by atoms with E-state index in [0.29, 0.717) is 34.3 Å². The summed E-state index contributed by atoms with van der Waals surface area (Å²) in [5, 5.41) is 11.1. The van der Waals surface area contributed by atoms with Crippen molar-refractivity contribution in [3.8, 4) is 17.2 Å². The van der Waals surface area contributed by atoms with Gasteiger partial charge in [0.1, 0.15) is 18.0 Å². The monoisotopic (exact) mass is 334 g/mol. The fourth-order valence-electron chi connectivity index (χ4n) is 2.34. The number of rotatable bonds is 5. The molecular formula is C15H14N2O7. The van der Waals surface area contributed by atoms with Crippen molar-refractivity contribution in [3.63, 3.8) is 0 Å². The highest BCUT2D eigenvalue weighted by molar-refractivity contribution is 6.15. The van der Waals surface area contributed by atoms with E-state index < -0.39 is 24.5 Å². The predicted molar refractivity (Wildman–Crippen MR) is 79.6 cm³/mol. The first-order chi connectivity index (χ1) is 11.5. The van der Waals surface area contributed by atoms with Gasteiger partial charge in [-0.25, -0.2) is 9.69 Å². The van der Waals surface area contributed by atoms with E-state index in [4.69, 9.17) is 19.3 Å². The van der Waals surface area contributed by atoms with Crippen molar-refractivity contribution < 1.29 is 33.7 Å². The maximum Gasteiger partial charge on any atom is 0.329 e. The van der Waals surface area contributed by atoms with Crippen LogP contribution in [0.4, 0.5) is 4.79 Å². The highest BCUT2D eigenvalue weighted by Crippen LogP contribution is 2.39. The van der Waals surface area contributed by atoms with Gasteiger partial charge in [-0.05, 0) is 19.1 Å². The van der Waals surface area contributed by atoms with Crippen LogP contribution in [0.15, 0.2) is 17.8 Å². The Kier molecular flexibility index (Phi) is 3.98.